The van der Waals surface area contributed by atoms with E-state index in [1.807, 2.05) is 18.9 Å². The third-order valence-corrected chi connectivity index (χ3v) is 1.60. The number of allylic oxidation sites excluding steroid dienone is 4. The number of carbonyl (C=O) groups is 1. The van der Waals surface area contributed by atoms with Crippen molar-refractivity contribution in [3.8, 4) is 0 Å². The molecule has 3 nitrogen and oxygen atoms in total. The molecule has 0 saturated heterocycles. The molecule has 0 fully saturated rings. The van der Waals surface area contributed by atoms with E-state index in [-0.39, 0.29) is 0 Å². The van der Waals surface area contributed by atoms with Crippen LogP contribution in [-0.2, 0) is 14.3 Å². The smallest absolute Gasteiger partial charge is 0.106 e. The van der Waals surface area contributed by atoms with Crippen LogP contribution in [0, 0.1) is 0 Å². The van der Waals surface area contributed by atoms with Crippen LogP contribution in [0.2, 0.25) is 0 Å². The zero-order valence-electron chi connectivity index (χ0n) is 7.50. The number of methoxy groups -OCH3 is 2. The Morgan fingerprint density at radius 3 is 1.58 bits per heavy atom. The fourth-order valence-electron chi connectivity index (χ4n) is 0.939. The molecule has 3 heteroatoms. The van der Waals surface area contributed by atoms with Crippen LogP contribution in [0.1, 0.15) is 12.8 Å². The average Bonchev–Trinajstić information content (AvgIpc) is 2.21. The van der Waals surface area contributed by atoms with Crippen LogP contribution in [0.5, 0.6) is 0 Å². The van der Waals surface area contributed by atoms with Crippen LogP contribution >= 0.6 is 0 Å². The van der Waals surface area contributed by atoms with Gasteiger partial charge in [0.1, 0.15) is 6.79 Å². The summed E-state index contributed by atoms with van der Waals surface area (Å²) in [5.41, 5.74) is 0. The molecule has 0 aromatic carbocycles. The zero-order chi connectivity index (χ0) is 9.40. The molecule has 0 spiro atoms. The van der Waals surface area contributed by atoms with Crippen molar-refractivity contribution >= 4 is 6.79 Å². The lowest BCUT2D eigenvalue weighted by molar-refractivity contribution is -0.0979. The summed E-state index contributed by atoms with van der Waals surface area (Å²) in [7, 11) is 3.38. The molecule has 0 aromatic rings. The molecule has 0 aromatic heterocycles. The van der Waals surface area contributed by atoms with Crippen LogP contribution in [0.3, 0.4) is 0 Å². The maximum absolute atomic E-state index is 8.00. The Hall–Kier alpha value is -1.25. The van der Waals surface area contributed by atoms with Crippen molar-refractivity contribution in [1.29, 1.82) is 0 Å². The number of rotatable bonds is 2. The standard InChI is InChI=1S/C8H12O2.CH2O/c1-9-7-3-5-8(10-2)6-4-7;1-2/h3,5H,4,6H2,1-2H3;1H2. The minimum Gasteiger partial charge on any atom is -0.501 e. The first-order chi connectivity index (χ1) is 5.86. The van der Waals surface area contributed by atoms with E-state index in [0.29, 0.717) is 0 Å². The second-order valence-electron chi connectivity index (χ2n) is 2.17. The van der Waals surface area contributed by atoms with Crippen LogP contribution in [0.4, 0.5) is 0 Å². The Labute approximate surface area is 72.7 Å². The van der Waals surface area contributed by atoms with Crippen molar-refractivity contribution in [2.24, 2.45) is 0 Å². The molecular formula is C9H14O3. The number of hydrogen-bond donors (Lipinski definition) is 0. The van der Waals surface area contributed by atoms with Gasteiger partial charge in [0.05, 0.1) is 25.7 Å². The van der Waals surface area contributed by atoms with E-state index >= 15 is 0 Å². The van der Waals surface area contributed by atoms with Crippen LogP contribution in [0.15, 0.2) is 23.7 Å². The SMILES string of the molecule is C=O.COC1=CC=C(OC)CC1. The summed E-state index contributed by atoms with van der Waals surface area (Å²) in [5, 5.41) is 0. The first-order valence-electron chi connectivity index (χ1n) is 3.63. The second-order valence-corrected chi connectivity index (χ2v) is 2.17. The third-order valence-electron chi connectivity index (χ3n) is 1.60. The quantitative estimate of drug-likeness (QED) is 0.632. The lowest BCUT2D eigenvalue weighted by Crippen LogP contribution is -1.96. The van der Waals surface area contributed by atoms with Gasteiger partial charge in [-0.1, -0.05) is 0 Å². The molecular weight excluding hydrogens is 156 g/mol. The number of ether oxygens (including phenoxy) is 2. The van der Waals surface area contributed by atoms with Gasteiger partial charge in [0.15, 0.2) is 0 Å². The van der Waals surface area contributed by atoms with Gasteiger partial charge in [-0.3, -0.25) is 0 Å². The van der Waals surface area contributed by atoms with Crippen molar-refractivity contribution in [2.75, 3.05) is 14.2 Å². The van der Waals surface area contributed by atoms with Crippen LogP contribution in [-0.4, -0.2) is 21.0 Å². The van der Waals surface area contributed by atoms with Crippen molar-refractivity contribution in [1.82, 2.24) is 0 Å². The van der Waals surface area contributed by atoms with Gasteiger partial charge < -0.3 is 14.3 Å². The van der Waals surface area contributed by atoms with Crippen LogP contribution in [0.25, 0.3) is 0 Å². The molecule has 0 saturated carbocycles. The summed E-state index contributed by atoms with van der Waals surface area (Å²) in [6.07, 6.45) is 5.80. The molecule has 0 unspecified atom stereocenters. The molecule has 12 heavy (non-hydrogen) atoms. The Bertz CT molecular complexity index is 162. The van der Waals surface area contributed by atoms with Gasteiger partial charge in [0.25, 0.3) is 0 Å². The number of carbonyl (C=O) groups excluding carboxylic acids is 1. The predicted molar refractivity (Wildman–Crippen MR) is 46.5 cm³/mol. The van der Waals surface area contributed by atoms with Gasteiger partial charge in [0.2, 0.25) is 0 Å². The molecule has 1 aliphatic rings. The van der Waals surface area contributed by atoms with Crippen LogP contribution < -0.4 is 0 Å². The van der Waals surface area contributed by atoms with Crippen molar-refractivity contribution in [3.05, 3.63) is 23.7 Å². The van der Waals surface area contributed by atoms with E-state index in [1.54, 1.807) is 14.2 Å². The van der Waals surface area contributed by atoms with E-state index in [9.17, 15) is 0 Å². The van der Waals surface area contributed by atoms with Gasteiger partial charge >= 0.3 is 0 Å². The van der Waals surface area contributed by atoms with E-state index in [1.165, 1.54) is 0 Å². The number of hydrogen-bond acceptors (Lipinski definition) is 3. The van der Waals surface area contributed by atoms with Gasteiger partial charge in [-0.05, 0) is 12.2 Å². The minimum atomic E-state index is 0.955. The van der Waals surface area contributed by atoms with Crippen molar-refractivity contribution in [3.63, 3.8) is 0 Å². The summed E-state index contributed by atoms with van der Waals surface area (Å²) in [6.45, 7) is 2.00. The molecule has 1 aliphatic carbocycles. The second kappa shape index (κ2) is 6.46. The highest BCUT2D eigenvalue weighted by Crippen LogP contribution is 2.18. The Balaban J connectivity index is 0.000000561. The van der Waals surface area contributed by atoms with Gasteiger partial charge in [-0.25, -0.2) is 0 Å². The van der Waals surface area contributed by atoms with Gasteiger partial charge in [-0.2, -0.15) is 0 Å². The molecule has 0 N–H and O–H groups in total. The minimum absolute atomic E-state index is 0.955. The molecule has 0 amide bonds. The maximum atomic E-state index is 8.00. The molecule has 1 rings (SSSR count). The summed E-state index contributed by atoms with van der Waals surface area (Å²) in [4.78, 5) is 8.00. The summed E-state index contributed by atoms with van der Waals surface area (Å²) in [5.74, 6) is 2.06. The summed E-state index contributed by atoms with van der Waals surface area (Å²) < 4.78 is 10.1. The Kier molecular flexibility index (Phi) is 5.79. The largest absolute Gasteiger partial charge is 0.501 e. The fourth-order valence-corrected chi connectivity index (χ4v) is 0.939. The topological polar surface area (TPSA) is 35.5 Å². The maximum Gasteiger partial charge on any atom is 0.106 e. The van der Waals surface area contributed by atoms with Crippen molar-refractivity contribution < 1.29 is 14.3 Å². The van der Waals surface area contributed by atoms with E-state index in [4.69, 9.17) is 14.3 Å². The first-order valence-corrected chi connectivity index (χ1v) is 3.63. The molecule has 0 atom stereocenters. The van der Waals surface area contributed by atoms with E-state index in [0.717, 1.165) is 24.4 Å². The highest BCUT2D eigenvalue weighted by atomic mass is 16.5. The molecule has 0 bridgehead atoms. The molecule has 68 valence electrons. The Morgan fingerprint density at radius 1 is 1.08 bits per heavy atom. The van der Waals surface area contributed by atoms with E-state index in [2.05, 4.69) is 0 Å². The summed E-state index contributed by atoms with van der Waals surface area (Å²) >= 11 is 0. The monoisotopic (exact) mass is 170 g/mol. The average molecular weight is 170 g/mol. The Morgan fingerprint density at radius 2 is 1.42 bits per heavy atom. The lowest BCUT2D eigenvalue weighted by Gasteiger charge is -2.11. The summed E-state index contributed by atoms with van der Waals surface area (Å²) in [6, 6.07) is 0. The highest BCUT2D eigenvalue weighted by Gasteiger charge is 2.04. The van der Waals surface area contributed by atoms with E-state index < -0.39 is 0 Å². The molecule has 0 radical (unpaired) electrons. The predicted octanol–water partition coefficient (Wildman–Crippen LogP) is 1.66. The van der Waals surface area contributed by atoms with Gasteiger partial charge in [0, 0.05) is 12.8 Å². The molecule has 0 aliphatic heterocycles. The fraction of sp³-hybridized carbons (Fsp3) is 0.444. The first kappa shape index (κ1) is 10.8. The van der Waals surface area contributed by atoms with Crippen molar-refractivity contribution in [2.45, 2.75) is 12.8 Å². The van der Waals surface area contributed by atoms with Gasteiger partial charge in [-0.15, -0.1) is 0 Å². The lowest BCUT2D eigenvalue weighted by atomic mass is 10.1. The highest BCUT2D eigenvalue weighted by molar-refractivity contribution is 5.17. The third kappa shape index (κ3) is 3.23. The molecule has 0 heterocycles. The zero-order valence-corrected chi connectivity index (χ0v) is 7.50. The normalized spacial score (nSPS) is 14.8.